The van der Waals surface area contributed by atoms with E-state index in [1.807, 2.05) is 45.0 Å². The number of rotatable bonds is 9. The lowest BCUT2D eigenvalue weighted by Gasteiger charge is -2.36. The summed E-state index contributed by atoms with van der Waals surface area (Å²) in [4.78, 5) is 44.8. The van der Waals surface area contributed by atoms with Crippen LogP contribution in [0.4, 0.5) is 10.5 Å². The van der Waals surface area contributed by atoms with Crippen LogP contribution in [0.1, 0.15) is 91.9 Å². The maximum absolute atomic E-state index is 13.5. The number of carbonyl (C=O) groups is 3. The summed E-state index contributed by atoms with van der Waals surface area (Å²) < 4.78 is 46.9. The van der Waals surface area contributed by atoms with E-state index >= 15 is 0 Å². The van der Waals surface area contributed by atoms with E-state index in [4.69, 9.17) is 14.2 Å². The molecule has 1 saturated carbocycles. The molecule has 2 atom stereocenters. The monoisotopic (exact) mass is 737 g/mol. The number of methoxy groups -OCH3 is 2. The normalized spacial score (nSPS) is 20.9. The van der Waals surface area contributed by atoms with Gasteiger partial charge in [-0.05, 0) is 86.6 Å². The van der Waals surface area contributed by atoms with Crippen LogP contribution in [0.2, 0.25) is 0 Å². The van der Waals surface area contributed by atoms with Crippen LogP contribution < -0.4 is 19.1 Å². The zero-order valence-electron chi connectivity index (χ0n) is 30.8. The molecule has 4 aliphatic rings. The van der Waals surface area contributed by atoms with E-state index < -0.39 is 27.7 Å². The molecule has 0 spiro atoms. The number of hydrogen-bond acceptors (Lipinski definition) is 10. The van der Waals surface area contributed by atoms with Crippen molar-refractivity contribution in [3.63, 3.8) is 0 Å². The number of ether oxygens (including phenoxy) is 3. The van der Waals surface area contributed by atoms with Crippen molar-refractivity contribution in [2.24, 2.45) is 5.92 Å². The molecule has 2 aromatic carbocycles. The second-order valence-corrected chi connectivity index (χ2v) is 16.6. The van der Waals surface area contributed by atoms with E-state index in [-0.39, 0.29) is 36.7 Å². The first-order valence-electron chi connectivity index (χ1n) is 18.2. The average molecular weight is 738 g/mol. The largest absolute Gasteiger partial charge is 0.497 e. The van der Waals surface area contributed by atoms with Gasteiger partial charge in [0.2, 0.25) is 0 Å². The molecule has 282 valence electrons. The van der Waals surface area contributed by atoms with Crippen LogP contribution >= 0.6 is 0 Å². The topological polar surface area (TPSA) is 147 Å². The van der Waals surface area contributed by atoms with Crippen molar-refractivity contribution in [2.45, 2.75) is 70.4 Å². The first-order valence-corrected chi connectivity index (χ1v) is 19.6. The lowest BCUT2D eigenvalue weighted by Crippen LogP contribution is -2.51. The molecule has 2 fully saturated rings. The molecule has 13 nitrogen and oxygen atoms in total. The number of hydrogen-bond donors (Lipinski definition) is 2. The Labute approximate surface area is 306 Å². The summed E-state index contributed by atoms with van der Waals surface area (Å²) in [7, 11) is -1.19. The highest BCUT2D eigenvalue weighted by Crippen LogP contribution is 2.57. The standard InChI is InChI=1S/C38H51N5O8S/c1-38(2,3)51-37(46)42-19-17-41(18-20-42)16-15-39-52(47,48)40-35(44)26-11-13-31-32(23-26)43-24-28(36(45)50-5)21-27-22-29(49-4)12-14-30(27)34(43)33(31)25-9-7-6-8-10-25/h11-14,21-23,25,33-34,39H,6-10,15-20,24H2,1-5H3,(H,40,44). The fourth-order valence-electron chi connectivity index (χ4n) is 8.06. The smallest absolute Gasteiger partial charge is 0.410 e. The van der Waals surface area contributed by atoms with Crippen molar-refractivity contribution in [3.8, 4) is 5.75 Å². The number of anilines is 1. The molecule has 1 aliphatic carbocycles. The summed E-state index contributed by atoms with van der Waals surface area (Å²) in [6, 6.07) is 11.3. The highest BCUT2D eigenvalue weighted by Gasteiger charge is 2.46. The fourth-order valence-corrected chi connectivity index (χ4v) is 8.85. The van der Waals surface area contributed by atoms with Crippen molar-refractivity contribution in [3.05, 3.63) is 64.2 Å². The maximum atomic E-state index is 13.5. The molecular weight excluding hydrogens is 687 g/mol. The van der Waals surface area contributed by atoms with Gasteiger partial charge in [-0.2, -0.15) is 13.1 Å². The predicted octanol–water partition coefficient (Wildman–Crippen LogP) is 4.61. The molecule has 1 saturated heterocycles. The van der Waals surface area contributed by atoms with E-state index in [2.05, 4.69) is 25.3 Å². The fraction of sp³-hybridized carbons (Fsp3) is 0.553. The van der Waals surface area contributed by atoms with Crippen LogP contribution in [0.3, 0.4) is 0 Å². The molecule has 3 aliphatic heterocycles. The Morgan fingerprint density at radius 2 is 1.63 bits per heavy atom. The number of esters is 1. The lowest BCUT2D eigenvalue weighted by atomic mass is 9.73. The molecule has 6 rings (SSSR count). The van der Waals surface area contributed by atoms with Crippen LogP contribution in [0.15, 0.2) is 42.0 Å². The van der Waals surface area contributed by atoms with Gasteiger partial charge in [-0.15, -0.1) is 0 Å². The highest BCUT2D eigenvalue weighted by atomic mass is 32.2. The molecule has 3 heterocycles. The Hall–Kier alpha value is -4.14. The van der Waals surface area contributed by atoms with Gasteiger partial charge in [0.05, 0.1) is 32.4 Å². The summed E-state index contributed by atoms with van der Waals surface area (Å²) in [6.45, 7) is 8.35. The third-order valence-corrected chi connectivity index (χ3v) is 11.5. The minimum atomic E-state index is -4.17. The van der Waals surface area contributed by atoms with Gasteiger partial charge in [-0.25, -0.2) is 14.3 Å². The predicted molar refractivity (Wildman–Crippen MR) is 197 cm³/mol. The van der Waals surface area contributed by atoms with Crippen molar-refractivity contribution in [1.82, 2.24) is 19.2 Å². The molecule has 2 N–H and O–H groups in total. The van der Waals surface area contributed by atoms with Crippen LogP contribution in [0.25, 0.3) is 6.08 Å². The zero-order valence-corrected chi connectivity index (χ0v) is 31.6. The summed E-state index contributed by atoms with van der Waals surface area (Å²) in [5, 5.41) is 0. The van der Waals surface area contributed by atoms with Gasteiger partial charge >= 0.3 is 22.3 Å². The van der Waals surface area contributed by atoms with E-state index in [1.165, 1.54) is 13.5 Å². The Balaban J connectivity index is 1.17. The number of nitrogens with zero attached hydrogens (tertiary/aromatic N) is 3. The Kier molecular flexibility index (Phi) is 11.2. The molecule has 2 amide bonds. The minimum Gasteiger partial charge on any atom is -0.497 e. The van der Waals surface area contributed by atoms with E-state index in [0.717, 1.165) is 48.1 Å². The van der Waals surface area contributed by atoms with E-state index in [0.29, 0.717) is 50.0 Å². The molecule has 0 aromatic heterocycles. The van der Waals surface area contributed by atoms with E-state index in [1.54, 1.807) is 24.1 Å². The molecule has 52 heavy (non-hydrogen) atoms. The summed E-state index contributed by atoms with van der Waals surface area (Å²) in [6.07, 6.45) is 7.19. The van der Waals surface area contributed by atoms with Crippen molar-refractivity contribution in [2.75, 3.05) is 64.9 Å². The van der Waals surface area contributed by atoms with Gasteiger partial charge in [0.25, 0.3) is 5.91 Å². The molecule has 14 heteroatoms. The number of benzene rings is 2. The number of amides is 2. The molecular formula is C38H51N5O8S. The number of fused-ring (bicyclic) bond motifs is 5. The Morgan fingerprint density at radius 1 is 0.923 bits per heavy atom. The Morgan fingerprint density at radius 3 is 2.31 bits per heavy atom. The first-order chi connectivity index (χ1) is 24.8. The lowest BCUT2D eigenvalue weighted by molar-refractivity contribution is -0.136. The highest BCUT2D eigenvalue weighted by molar-refractivity contribution is 7.88. The third-order valence-electron chi connectivity index (χ3n) is 10.5. The number of piperazine rings is 1. The second kappa shape index (κ2) is 15.5. The van der Waals surface area contributed by atoms with Gasteiger partial charge in [-0.1, -0.05) is 31.4 Å². The van der Waals surface area contributed by atoms with Gasteiger partial charge in [-0.3, -0.25) is 9.69 Å². The van der Waals surface area contributed by atoms with Gasteiger partial charge in [0, 0.05) is 56.4 Å². The summed E-state index contributed by atoms with van der Waals surface area (Å²) in [5.74, 6) is 0.0191. The molecule has 2 aromatic rings. The quantitative estimate of drug-likeness (QED) is 0.350. The number of carbonyl (C=O) groups excluding carboxylic acids is 3. The van der Waals surface area contributed by atoms with Crippen molar-refractivity contribution < 1.29 is 37.0 Å². The Bertz CT molecular complexity index is 1810. The van der Waals surface area contributed by atoms with Crippen LogP contribution in [0.5, 0.6) is 5.75 Å². The van der Waals surface area contributed by atoms with Crippen LogP contribution in [0, 0.1) is 5.92 Å². The molecule has 0 bridgehead atoms. The SMILES string of the molecule is COC(=O)C1=Cc2cc(OC)ccc2C2C(C3CCCCC3)c3ccc(C(=O)NS(=O)(=O)NCCN4CCN(C(=O)OC(C)(C)C)CC4)cc3N2C1. The summed E-state index contributed by atoms with van der Waals surface area (Å²) in [5.41, 5.74) is 3.96. The van der Waals surface area contributed by atoms with Crippen LogP contribution in [-0.4, -0.2) is 102 Å². The zero-order chi connectivity index (χ0) is 37.2. The average Bonchev–Trinajstić information content (AvgIpc) is 3.33. The first kappa shape index (κ1) is 37.6. The van der Waals surface area contributed by atoms with Crippen molar-refractivity contribution in [1.29, 1.82) is 0 Å². The maximum Gasteiger partial charge on any atom is 0.410 e. The van der Waals surface area contributed by atoms with E-state index in [9.17, 15) is 22.8 Å². The summed E-state index contributed by atoms with van der Waals surface area (Å²) >= 11 is 0. The third kappa shape index (κ3) is 8.39. The van der Waals surface area contributed by atoms with Crippen molar-refractivity contribution >= 4 is 39.9 Å². The number of nitrogens with one attached hydrogen (secondary N) is 2. The molecule has 2 unspecified atom stereocenters. The van der Waals surface area contributed by atoms with Crippen LogP contribution in [-0.2, 0) is 24.5 Å². The van der Waals surface area contributed by atoms with Gasteiger partial charge in [0.15, 0.2) is 0 Å². The van der Waals surface area contributed by atoms with Gasteiger partial charge in [0.1, 0.15) is 11.4 Å². The second-order valence-electron chi connectivity index (χ2n) is 15.1. The van der Waals surface area contributed by atoms with Gasteiger partial charge < -0.3 is 24.0 Å². The molecule has 0 radical (unpaired) electrons. The minimum absolute atomic E-state index is 0.0879.